The van der Waals surface area contributed by atoms with Crippen molar-refractivity contribution in [3.8, 4) is 0 Å². The number of carbonyl (C=O) groups is 2. The Hall–Kier alpha value is -1.35. The minimum Gasteiger partial charge on any atom is -0.480 e. The number of carboxylic acids is 1. The highest BCUT2D eigenvalue weighted by atomic mass is 32.2. The van der Waals surface area contributed by atoms with E-state index in [0.717, 1.165) is 7.11 Å². The van der Waals surface area contributed by atoms with Gasteiger partial charge in [0.05, 0.1) is 7.11 Å². The Labute approximate surface area is 93.4 Å². The zero-order chi connectivity index (χ0) is 12.8. The monoisotopic (exact) mass is 254 g/mol. The average Bonchev–Trinajstić information content (AvgIpc) is 2.15. The molecule has 0 aliphatic rings. The summed E-state index contributed by atoms with van der Waals surface area (Å²) in [7, 11) is -3.16. The summed E-state index contributed by atoms with van der Waals surface area (Å²) in [6.07, 6.45) is -0.735. The van der Waals surface area contributed by atoms with E-state index in [4.69, 9.17) is 5.11 Å². The summed E-state index contributed by atoms with van der Waals surface area (Å²) in [5.41, 5.74) is 0. The van der Waals surface area contributed by atoms with Gasteiger partial charge in [-0.05, 0) is 6.42 Å². The Balaban J connectivity index is 4.75. The lowest BCUT2D eigenvalue weighted by Crippen LogP contribution is -2.45. The second-order valence-electron chi connectivity index (χ2n) is 2.83. The van der Waals surface area contributed by atoms with E-state index in [-0.39, 0.29) is 6.54 Å². The number of hydrogen-bond donors (Lipinski definition) is 2. The van der Waals surface area contributed by atoms with Crippen LogP contribution in [-0.4, -0.2) is 50.1 Å². The van der Waals surface area contributed by atoms with Crippen LogP contribution < -0.4 is 4.72 Å². The third-order valence-corrected chi connectivity index (χ3v) is 2.94. The molecule has 0 radical (unpaired) electrons. The summed E-state index contributed by atoms with van der Waals surface area (Å²) in [5, 5.41) is 8.52. The summed E-state index contributed by atoms with van der Waals surface area (Å²) >= 11 is 0. The summed E-state index contributed by atoms with van der Waals surface area (Å²) in [6, 6.07) is 0. The van der Waals surface area contributed by atoms with Crippen LogP contribution in [0.5, 0.6) is 0 Å². The predicted molar refractivity (Wildman–Crippen MR) is 54.0 cm³/mol. The van der Waals surface area contributed by atoms with Crippen LogP contribution in [0.25, 0.3) is 0 Å². The summed E-state index contributed by atoms with van der Waals surface area (Å²) in [6.45, 7) is 0.974. The number of nitrogens with zero attached hydrogens (tertiary/aromatic N) is 1. The second kappa shape index (κ2) is 6.28. The highest BCUT2D eigenvalue weighted by Crippen LogP contribution is 1.99. The van der Waals surface area contributed by atoms with Crippen molar-refractivity contribution in [3.05, 3.63) is 0 Å². The number of amides is 1. The molecular weight excluding hydrogens is 240 g/mol. The Morgan fingerprint density at radius 1 is 1.44 bits per heavy atom. The number of ether oxygens (including phenoxy) is 1. The van der Waals surface area contributed by atoms with E-state index < -0.39 is 28.8 Å². The Morgan fingerprint density at radius 2 is 2.00 bits per heavy atom. The number of methoxy groups -OCH3 is 1. The molecule has 0 saturated carbocycles. The molecule has 9 heteroatoms. The molecule has 94 valence electrons. The summed E-state index contributed by atoms with van der Waals surface area (Å²) in [5.74, 6) is -1.30. The van der Waals surface area contributed by atoms with Gasteiger partial charge in [-0.2, -0.15) is 12.7 Å². The lowest BCUT2D eigenvalue weighted by atomic mass is 10.5. The first-order chi connectivity index (χ1) is 7.33. The fourth-order valence-corrected chi connectivity index (χ4v) is 2.02. The Bertz CT molecular complexity index is 352. The van der Waals surface area contributed by atoms with Crippen LogP contribution in [0.4, 0.5) is 4.79 Å². The molecule has 0 heterocycles. The van der Waals surface area contributed by atoms with Gasteiger partial charge in [0.15, 0.2) is 0 Å². The highest BCUT2D eigenvalue weighted by Gasteiger charge is 2.25. The lowest BCUT2D eigenvalue weighted by molar-refractivity contribution is -0.137. The number of nitrogens with one attached hydrogen (secondary N) is 1. The van der Waals surface area contributed by atoms with Crippen molar-refractivity contribution in [3.63, 3.8) is 0 Å². The number of carbonyl (C=O) groups excluding carboxylic acids is 1. The predicted octanol–water partition coefficient (Wildman–Crippen LogP) is -0.616. The zero-order valence-corrected chi connectivity index (χ0v) is 9.78. The largest absolute Gasteiger partial charge is 0.480 e. The number of hydrogen-bond acceptors (Lipinski definition) is 5. The van der Waals surface area contributed by atoms with Crippen molar-refractivity contribution >= 4 is 22.3 Å². The van der Waals surface area contributed by atoms with E-state index in [1.54, 1.807) is 11.6 Å². The molecule has 1 amide bonds. The van der Waals surface area contributed by atoms with Gasteiger partial charge >= 0.3 is 22.3 Å². The smallest absolute Gasteiger partial charge is 0.421 e. The van der Waals surface area contributed by atoms with Gasteiger partial charge in [0, 0.05) is 6.54 Å². The van der Waals surface area contributed by atoms with Crippen LogP contribution in [0.15, 0.2) is 0 Å². The van der Waals surface area contributed by atoms with Crippen LogP contribution in [-0.2, 0) is 19.7 Å². The van der Waals surface area contributed by atoms with Gasteiger partial charge in [-0.25, -0.2) is 9.52 Å². The van der Waals surface area contributed by atoms with Gasteiger partial charge in [-0.15, -0.1) is 0 Å². The van der Waals surface area contributed by atoms with E-state index in [2.05, 4.69) is 4.74 Å². The molecule has 0 fully saturated rings. The SMILES string of the molecule is CCCN(CC(=O)O)S(=O)(=O)NC(=O)OC. The normalized spacial score (nSPS) is 11.2. The molecule has 0 aromatic heterocycles. The van der Waals surface area contributed by atoms with Gasteiger partial charge in [0.25, 0.3) is 0 Å². The second-order valence-corrected chi connectivity index (χ2v) is 4.50. The first-order valence-electron chi connectivity index (χ1n) is 4.41. The number of aliphatic carboxylic acids is 1. The molecule has 0 spiro atoms. The minimum absolute atomic E-state index is 0.00136. The highest BCUT2D eigenvalue weighted by molar-refractivity contribution is 7.87. The lowest BCUT2D eigenvalue weighted by Gasteiger charge is -2.18. The maximum absolute atomic E-state index is 11.5. The fraction of sp³-hybridized carbons (Fsp3) is 0.714. The summed E-state index contributed by atoms with van der Waals surface area (Å²) in [4.78, 5) is 21.2. The van der Waals surface area contributed by atoms with Gasteiger partial charge in [-0.1, -0.05) is 6.92 Å². The first-order valence-corrected chi connectivity index (χ1v) is 5.85. The molecule has 0 unspecified atom stereocenters. The molecule has 0 saturated heterocycles. The molecular formula is C7H14N2O6S. The molecule has 2 N–H and O–H groups in total. The molecule has 0 aromatic rings. The fourth-order valence-electron chi connectivity index (χ4n) is 0.896. The molecule has 0 aromatic carbocycles. The summed E-state index contributed by atoms with van der Waals surface area (Å²) < 4.78 is 29.3. The molecule has 0 aliphatic heterocycles. The third-order valence-electron chi connectivity index (χ3n) is 1.52. The van der Waals surface area contributed by atoms with Crippen LogP contribution in [0.2, 0.25) is 0 Å². The standard InChI is InChI=1S/C7H14N2O6S/c1-3-4-9(5-6(10)11)16(13,14)8-7(12)15-2/h3-5H2,1-2H3,(H,8,12)(H,10,11). The Morgan fingerprint density at radius 3 is 2.38 bits per heavy atom. The zero-order valence-electron chi connectivity index (χ0n) is 8.97. The van der Waals surface area contributed by atoms with E-state index in [1.165, 1.54) is 0 Å². The minimum atomic E-state index is -4.16. The quantitative estimate of drug-likeness (QED) is 0.653. The van der Waals surface area contributed by atoms with Gasteiger partial charge in [0.1, 0.15) is 6.54 Å². The maximum atomic E-state index is 11.5. The van der Waals surface area contributed by atoms with E-state index in [1.807, 2.05) is 0 Å². The van der Waals surface area contributed by atoms with Crippen molar-refractivity contribution in [2.75, 3.05) is 20.2 Å². The molecule has 0 bridgehead atoms. The maximum Gasteiger partial charge on any atom is 0.421 e. The van der Waals surface area contributed by atoms with Gasteiger partial charge < -0.3 is 9.84 Å². The van der Waals surface area contributed by atoms with E-state index >= 15 is 0 Å². The van der Waals surface area contributed by atoms with Crippen molar-refractivity contribution in [2.24, 2.45) is 0 Å². The van der Waals surface area contributed by atoms with Crippen LogP contribution in [0.1, 0.15) is 13.3 Å². The molecule has 0 aliphatic carbocycles. The van der Waals surface area contributed by atoms with Gasteiger partial charge in [0.2, 0.25) is 0 Å². The van der Waals surface area contributed by atoms with Gasteiger partial charge in [-0.3, -0.25) is 4.79 Å². The molecule has 16 heavy (non-hydrogen) atoms. The first kappa shape index (κ1) is 14.6. The molecule has 8 nitrogen and oxygen atoms in total. The number of rotatable bonds is 6. The average molecular weight is 254 g/mol. The van der Waals surface area contributed by atoms with E-state index in [0.29, 0.717) is 10.7 Å². The third kappa shape index (κ3) is 4.94. The molecule has 0 rings (SSSR count). The molecule has 0 atom stereocenters. The van der Waals surface area contributed by atoms with Crippen molar-refractivity contribution in [2.45, 2.75) is 13.3 Å². The van der Waals surface area contributed by atoms with Crippen LogP contribution in [0.3, 0.4) is 0 Å². The Kier molecular flexibility index (Phi) is 5.75. The van der Waals surface area contributed by atoms with Crippen molar-refractivity contribution in [1.82, 2.24) is 9.03 Å². The van der Waals surface area contributed by atoms with E-state index in [9.17, 15) is 18.0 Å². The van der Waals surface area contributed by atoms with Crippen LogP contribution in [0, 0.1) is 0 Å². The van der Waals surface area contributed by atoms with Crippen molar-refractivity contribution in [1.29, 1.82) is 0 Å². The van der Waals surface area contributed by atoms with Crippen molar-refractivity contribution < 1.29 is 27.9 Å². The van der Waals surface area contributed by atoms with Crippen LogP contribution >= 0.6 is 0 Å². The number of carboxylic acid groups (broad SMARTS) is 1. The topological polar surface area (TPSA) is 113 Å².